The van der Waals surface area contributed by atoms with Gasteiger partial charge in [-0.25, -0.2) is 13.1 Å². The zero-order chi connectivity index (χ0) is 24.0. The number of sulfonamides is 1. The minimum absolute atomic E-state index is 0.0146. The molecule has 0 aromatic carbocycles. The summed E-state index contributed by atoms with van der Waals surface area (Å²) in [4.78, 5) is 14.8. The number of nitrogens with one attached hydrogen (secondary N) is 3. The van der Waals surface area contributed by atoms with Crippen LogP contribution in [0.15, 0.2) is 11.0 Å². The number of Topliss-reactive ketones (excluding diaryl/α,β-unsaturated/α-hetero) is 1. The number of thiophene rings is 1. The summed E-state index contributed by atoms with van der Waals surface area (Å²) < 4.78 is 31.4. The molecule has 0 amide bonds. The van der Waals surface area contributed by atoms with Gasteiger partial charge in [0.25, 0.3) is 0 Å². The highest BCUT2D eigenvalue weighted by Gasteiger charge is 2.36. The normalized spacial score (nSPS) is 20.1. The molecule has 3 N–H and O–H groups in total. The molecule has 0 bridgehead atoms. The highest BCUT2D eigenvalue weighted by Crippen LogP contribution is 2.40. The summed E-state index contributed by atoms with van der Waals surface area (Å²) in [5.74, 6) is 1.52. The average molecular weight is 522 g/mol. The van der Waals surface area contributed by atoms with Crippen LogP contribution in [0.4, 0.5) is 5.82 Å². The number of thiocarbonyl (C=S) groups is 1. The van der Waals surface area contributed by atoms with E-state index in [1.54, 1.807) is 4.68 Å². The maximum absolute atomic E-state index is 13.4. The Hall–Kier alpha value is -1.82. The third-order valence-electron chi connectivity index (χ3n) is 6.75. The van der Waals surface area contributed by atoms with E-state index in [0.29, 0.717) is 33.8 Å². The van der Waals surface area contributed by atoms with Crippen molar-refractivity contribution in [3.63, 3.8) is 0 Å². The molecular formula is C23H31N5O3S3. The third-order valence-corrected chi connectivity index (χ3v) is 9.97. The molecule has 2 saturated carbocycles. The summed E-state index contributed by atoms with van der Waals surface area (Å²) in [6.07, 6.45) is 6.42. The van der Waals surface area contributed by atoms with Gasteiger partial charge in [0, 0.05) is 47.8 Å². The Morgan fingerprint density at radius 2 is 2.03 bits per heavy atom. The van der Waals surface area contributed by atoms with Crippen molar-refractivity contribution in [2.24, 2.45) is 18.9 Å². The Morgan fingerprint density at radius 3 is 2.68 bits per heavy atom. The summed E-state index contributed by atoms with van der Waals surface area (Å²) in [5, 5.41) is 11.4. The highest BCUT2D eigenvalue weighted by molar-refractivity contribution is 7.89. The average Bonchev–Trinajstić information content (AvgIpc) is 3.68. The molecule has 2 heterocycles. The predicted molar refractivity (Wildman–Crippen MR) is 137 cm³/mol. The van der Waals surface area contributed by atoms with Gasteiger partial charge in [-0.1, -0.05) is 0 Å². The molecule has 1 unspecified atom stereocenters. The molecule has 184 valence electrons. The van der Waals surface area contributed by atoms with Gasteiger partial charge in [-0.2, -0.15) is 5.10 Å². The molecule has 8 nitrogen and oxygen atoms in total. The summed E-state index contributed by atoms with van der Waals surface area (Å²) in [6, 6.07) is 1.94. The second kappa shape index (κ2) is 9.33. The fraction of sp³-hybridized carbons (Fsp3) is 0.609. The number of nitrogens with zero attached hydrogens (tertiary/aromatic N) is 2. The second-order valence-corrected chi connectivity index (χ2v) is 13.1. The summed E-state index contributed by atoms with van der Waals surface area (Å²) in [5.41, 5.74) is 1.75. The smallest absolute Gasteiger partial charge is 0.241 e. The van der Waals surface area contributed by atoms with Gasteiger partial charge in [0.15, 0.2) is 5.11 Å². The number of hydrogen-bond acceptors (Lipinski definition) is 6. The lowest BCUT2D eigenvalue weighted by molar-refractivity contribution is -0.119. The number of carbonyl (C=O) groups excluding carboxylic acids is 1. The van der Waals surface area contributed by atoms with E-state index >= 15 is 0 Å². The lowest BCUT2D eigenvalue weighted by Crippen LogP contribution is -2.41. The van der Waals surface area contributed by atoms with Crippen LogP contribution in [0.5, 0.6) is 0 Å². The fourth-order valence-corrected chi connectivity index (χ4v) is 8.11. The molecular weight excluding hydrogens is 490 g/mol. The third kappa shape index (κ3) is 5.37. The van der Waals surface area contributed by atoms with Gasteiger partial charge in [0.05, 0.1) is 10.6 Å². The van der Waals surface area contributed by atoms with E-state index in [9.17, 15) is 13.2 Å². The van der Waals surface area contributed by atoms with Crippen LogP contribution in [0, 0.1) is 18.8 Å². The Bertz CT molecular complexity index is 1220. The Kier molecular flexibility index (Phi) is 6.56. The van der Waals surface area contributed by atoms with Crippen LogP contribution in [0.25, 0.3) is 0 Å². The van der Waals surface area contributed by atoms with Crippen LogP contribution in [0.3, 0.4) is 0 Å². The van der Waals surface area contributed by atoms with E-state index < -0.39 is 10.0 Å². The van der Waals surface area contributed by atoms with Crippen LogP contribution >= 0.6 is 23.6 Å². The lowest BCUT2D eigenvalue weighted by atomic mass is 9.94. The topological polar surface area (TPSA) is 105 Å². The van der Waals surface area contributed by atoms with Gasteiger partial charge in [0.1, 0.15) is 11.6 Å². The van der Waals surface area contributed by atoms with Crippen LogP contribution in [-0.2, 0) is 41.1 Å². The number of anilines is 1. The molecule has 3 aliphatic carbocycles. The Morgan fingerprint density at radius 1 is 1.26 bits per heavy atom. The van der Waals surface area contributed by atoms with Crippen LogP contribution < -0.4 is 15.4 Å². The molecule has 0 aliphatic heterocycles. The highest BCUT2D eigenvalue weighted by atomic mass is 32.2. The first-order valence-corrected chi connectivity index (χ1v) is 14.6. The molecule has 1 atom stereocenters. The molecule has 11 heteroatoms. The number of aryl methyl sites for hydroxylation is 3. The first-order chi connectivity index (χ1) is 16.2. The second-order valence-electron chi connectivity index (χ2n) is 9.80. The van der Waals surface area contributed by atoms with Crippen molar-refractivity contribution in [3.8, 4) is 0 Å². The summed E-state index contributed by atoms with van der Waals surface area (Å²) >= 11 is 7.04. The van der Waals surface area contributed by atoms with E-state index in [4.69, 9.17) is 12.2 Å². The van der Waals surface area contributed by atoms with Crippen LogP contribution in [-0.4, -0.2) is 41.7 Å². The quantitative estimate of drug-likeness (QED) is 0.436. The molecule has 0 saturated heterocycles. The van der Waals surface area contributed by atoms with Crippen molar-refractivity contribution in [2.75, 3.05) is 11.9 Å². The van der Waals surface area contributed by atoms with E-state index in [-0.39, 0.29) is 24.2 Å². The van der Waals surface area contributed by atoms with E-state index in [2.05, 4.69) is 20.5 Å². The first kappa shape index (κ1) is 23.9. The van der Waals surface area contributed by atoms with Crippen molar-refractivity contribution in [3.05, 3.63) is 27.1 Å². The standard InChI is InChI=1S/C23H31N5O3S3/c1-13-9-21(28(2)27-13)26-23(32)25-16-7-8-19-17(10-16)22(34(30,31)24-12-14-3-4-14)20(33-19)11-18(29)15-5-6-15/h9,14-16,24H,3-8,10-12H2,1-2H3,(H2,25,26,32). The maximum atomic E-state index is 13.4. The van der Waals surface area contributed by atoms with Crippen LogP contribution in [0.1, 0.15) is 53.1 Å². The van der Waals surface area contributed by atoms with Crippen LogP contribution in [0.2, 0.25) is 0 Å². The maximum Gasteiger partial charge on any atom is 0.241 e. The molecule has 34 heavy (non-hydrogen) atoms. The van der Waals surface area contributed by atoms with Gasteiger partial charge in [-0.15, -0.1) is 11.3 Å². The molecule has 3 aliphatic rings. The zero-order valence-electron chi connectivity index (χ0n) is 19.5. The van der Waals surface area contributed by atoms with Gasteiger partial charge in [0.2, 0.25) is 10.0 Å². The Labute approximate surface area is 209 Å². The van der Waals surface area contributed by atoms with Crippen molar-refractivity contribution >= 4 is 50.3 Å². The van der Waals surface area contributed by atoms with E-state index in [0.717, 1.165) is 60.5 Å². The summed E-state index contributed by atoms with van der Waals surface area (Å²) in [6.45, 7) is 2.40. The first-order valence-electron chi connectivity index (χ1n) is 11.9. The number of ketones is 1. The summed E-state index contributed by atoms with van der Waals surface area (Å²) in [7, 11) is -1.82. The van der Waals surface area contributed by atoms with Crippen molar-refractivity contribution in [1.29, 1.82) is 0 Å². The molecule has 0 radical (unpaired) electrons. The van der Waals surface area contributed by atoms with Gasteiger partial charge < -0.3 is 10.6 Å². The molecule has 0 spiro atoms. The number of carbonyl (C=O) groups is 1. The van der Waals surface area contributed by atoms with E-state index in [1.807, 2.05) is 20.0 Å². The van der Waals surface area contributed by atoms with Crippen molar-refractivity contribution < 1.29 is 13.2 Å². The van der Waals surface area contributed by atoms with Gasteiger partial charge in [-0.3, -0.25) is 9.48 Å². The number of fused-ring (bicyclic) bond motifs is 1. The minimum Gasteiger partial charge on any atom is -0.359 e. The van der Waals surface area contributed by atoms with E-state index in [1.165, 1.54) is 11.3 Å². The molecule has 2 aromatic rings. The molecule has 5 rings (SSSR count). The fourth-order valence-electron chi connectivity index (χ4n) is 4.56. The number of hydrogen-bond donors (Lipinski definition) is 3. The Balaban J connectivity index is 1.35. The van der Waals surface area contributed by atoms with Crippen molar-refractivity contribution in [1.82, 2.24) is 19.8 Å². The van der Waals surface area contributed by atoms with Crippen molar-refractivity contribution in [2.45, 2.75) is 69.2 Å². The van der Waals surface area contributed by atoms with Gasteiger partial charge >= 0.3 is 0 Å². The SMILES string of the molecule is Cc1cc(NC(=S)NC2CCc3sc(CC(=O)C4CC4)c(S(=O)(=O)NCC4CC4)c3C2)n(C)n1. The number of aromatic nitrogens is 2. The largest absolute Gasteiger partial charge is 0.359 e. The lowest BCUT2D eigenvalue weighted by Gasteiger charge is -2.25. The monoisotopic (exact) mass is 521 g/mol. The minimum atomic E-state index is -3.68. The zero-order valence-corrected chi connectivity index (χ0v) is 22.0. The van der Waals surface area contributed by atoms with Gasteiger partial charge in [-0.05, 0) is 75.6 Å². The molecule has 2 aromatic heterocycles. The predicted octanol–water partition coefficient (Wildman–Crippen LogP) is 2.84. The number of rotatable bonds is 9. The molecule has 2 fully saturated rings.